The summed E-state index contributed by atoms with van der Waals surface area (Å²) < 4.78 is 73.8. The van der Waals surface area contributed by atoms with Crippen molar-refractivity contribution < 1.29 is 26.0 Å². The van der Waals surface area contributed by atoms with Crippen LogP contribution in [-0.2, 0) is 9.84 Å². The summed E-state index contributed by atoms with van der Waals surface area (Å²) >= 11 is 0. The van der Waals surface area contributed by atoms with E-state index in [2.05, 4.69) is 4.98 Å². The van der Waals surface area contributed by atoms with Crippen molar-refractivity contribution in [3.63, 3.8) is 0 Å². The maximum absolute atomic E-state index is 13.1. The smallest absolute Gasteiger partial charge is 0.253 e. The van der Waals surface area contributed by atoms with Crippen molar-refractivity contribution in [3.8, 4) is 0 Å². The number of nitrogens with one attached hydrogen (secondary N) is 1. The van der Waals surface area contributed by atoms with Crippen LogP contribution in [0.1, 0.15) is 6.92 Å². The molecular formula is C9H10F4N2O2S. The Labute approximate surface area is 101 Å². The van der Waals surface area contributed by atoms with Crippen molar-refractivity contribution in [2.75, 3.05) is 23.4 Å². The van der Waals surface area contributed by atoms with Crippen molar-refractivity contribution in [1.29, 1.82) is 0 Å². The van der Waals surface area contributed by atoms with Crippen LogP contribution < -0.4 is 5.32 Å². The minimum absolute atomic E-state index is 0.140. The van der Waals surface area contributed by atoms with Crippen LogP contribution >= 0.6 is 0 Å². The summed E-state index contributed by atoms with van der Waals surface area (Å²) in [5.41, 5.74) is -1.06. The highest BCUT2D eigenvalue weighted by atomic mass is 32.2. The fourth-order valence-electron chi connectivity index (χ4n) is 1.12. The number of hydrogen-bond acceptors (Lipinski definition) is 4. The van der Waals surface area contributed by atoms with Crippen molar-refractivity contribution in [1.82, 2.24) is 4.98 Å². The molecule has 18 heavy (non-hydrogen) atoms. The van der Waals surface area contributed by atoms with Crippen LogP contribution in [0.3, 0.4) is 0 Å². The molecule has 0 aromatic carbocycles. The second-order valence-corrected chi connectivity index (χ2v) is 5.83. The predicted molar refractivity (Wildman–Crippen MR) is 56.9 cm³/mol. The summed E-state index contributed by atoms with van der Waals surface area (Å²) in [5.74, 6) is -7.53. The summed E-state index contributed by atoms with van der Waals surface area (Å²) in [4.78, 5) is 2.36. The maximum Gasteiger partial charge on any atom is 0.253 e. The van der Waals surface area contributed by atoms with Crippen molar-refractivity contribution >= 4 is 15.5 Å². The topological polar surface area (TPSA) is 59.1 Å². The first-order valence-corrected chi connectivity index (χ1v) is 6.75. The highest BCUT2D eigenvalue weighted by Gasteiger charge is 2.20. The molecule has 1 aromatic rings. The second kappa shape index (κ2) is 5.51. The van der Waals surface area contributed by atoms with Crippen LogP contribution in [0, 0.1) is 23.5 Å². The van der Waals surface area contributed by atoms with Gasteiger partial charge in [0.15, 0.2) is 9.84 Å². The summed E-state index contributed by atoms with van der Waals surface area (Å²) in [7, 11) is -3.35. The molecule has 0 aliphatic heterocycles. The second-order valence-electron chi connectivity index (χ2n) is 3.36. The maximum atomic E-state index is 13.1. The standard InChI is InChI=1S/C9H10F4N2O2S/c1-2-18(16,17)4-3-14-7-5(10)8(12)15-9(13)6(7)11/h2-4H2,1H3,(H,14,15). The van der Waals surface area contributed by atoms with Crippen LogP contribution in [-0.4, -0.2) is 31.5 Å². The third kappa shape index (κ3) is 3.31. The lowest BCUT2D eigenvalue weighted by atomic mass is 10.3. The molecule has 0 aliphatic rings. The normalized spacial score (nSPS) is 11.6. The molecule has 1 heterocycles. The Balaban J connectivity index is 2.86. The van der Waals surface area contributed by atoms with Gasteiger partial charge >= 0.3 is 0 Å². The Morgan fingerprint density at radius 1 is 1.11 bits per heavy atom. The number of rotatable bonds is 5. The van der Waals surface area contributed by atoms with Gasteiger partial charge in [0.1, 0.15) is 5.69 Å². The third-order valence-corrected chi connectivity index (χ3v) is 3.86. The highest BCUT2D eigenvalue weighted by molar-refractivity contribution is 7.91. The number of anilines is 1. The minimum Gasteiger partial charge on any atom is -0.379 e. The van der Waals surface area contributed by atoms with Gasteiger partial charge in [0.25, 0.3) is 11.9 Å². The minimum atomic E-state index is -3.35. The molecule has 9 heteroatoms. The average Bonchev–Trinajstić information content (AvgIpc) is 2.31. The SMILES string of the molecule is CCS(=O)(=O)CCNc1c(F)c(F)nc(F)c1F. The van der Waals surface area contributed by atoms with Gasteiger partial charge in [-0.3, -0.25) is 0 Å². The van der Waals surface area contributed by atoms with Gasteiger partial charge in [-0.25, -0.2) is 8.42 Å². The van der Waals surface area contributed by atoms with Crippen LogP contribution in [0.25, 0.3) is 0 Å². The van der Waals surface area contributed by atoms with E-state index in [1.54, 1.807) is 0 Å². The molecule has 4 nitrogen and oxygen atoms in total. The van der Waals surface area contributed by atoms with E-state index in [0.29, 0.717) is 0 Å². The molecule has 0 unspecified atom stereocenters. The fourth-order valence-corrected chi connectivity index (χ4v) is 1.82. The lowest BCUT2D eigenvalue weighted by Crippen LogP contribution is -2.19. The molecule has 0 amide bonds. The average molecular weight is 286 g/mol. The summed E-state index contributed by atoms with van der Waals surface area (Å²) in [6.07, 6.45) is 0. The highest BCUT2D eigenvalue weighted by Crippen LogP contribution is 2.21. The Bertz CT molecular complexity index is 522. The van der Waals surface area contributed by atoms with E-state index in [1.165, 1.54) is 6.92 Å². The van der Waals surface area contributed by atoms with Crippen LogP contribution in [0.4, 0.5) is 23.2 Å². The number of nitrogens with zero attached hydrogens (tertiary/aromatic N) is 1. The number of hydrogen-bond donors (Lipinski definition) is 1. The van der Waals surface area contributed by atoms with E-state index in [-0.39, 0.29) is 12.3 Å². The largest absolute Gasteiger partial charge is 0.379 e. The van der Waals surface area contributed by atoms with E-state index in [9.17, 15) is 26.0 Å². The first kappa shape index (κ1) is 14.7. The zero-order chi connectivity index (χ0) is 13.9. The van der Waals surface area contributed by atoms with Crippen LogP contribution in [0.5, 0.6) is 0 Å². The molecule has 1 rings (SSSR count). The quantitative estimate of drug-likeness (QED) is 0.658. The molecular weight excluding hydrogens is 276 g/mol. The van der Waals surface area contributed by atoms with Gasteiger partial charge < -0.3 is 5.32 Å². The van der Waals surface area contributed by atoms with Gasteiger partial charge in [-0.1, -0.05) is 6.92 Å². The van der Waals surface area contributed by atoms with E-state index in [4.69, 9.17) is 0 Å². The Kier molecular flexibility index (Phi) is 4.49. The van der Waals surface area contributed by atoms with Gasteiger partial charge in [0.05, 0.1) is 5.75 Å². The Morgan fingerprint density at radius 2 is 1.61 bits per heavy atom. The Morgan fingerprint density at radius 3 is 2.06 bits per heavy atom. The van der Waals surface area contributed by atoms with E-state index in [0.717, 1.165) is 0 Å². The van der Waals surface area contributed by atoms with Gasteiger partial charge in [-0.15, -0.1) is 0 Å². The molecule has 102 valence electrons. The summed E-state index contributed by atoms with van der Waals surface area (Å²) in [6, 6.07) is 0. The first-order chi connectivity index (χ1) is 8.28. The first-order valence-electron chi connectivity index (χ1n) is 4.92. The lowest BCUT2D eigenvalue weighted by molar-refractivity contribution is 0.411. The van der Waals surface area contributed by atoms with E-state index in [1.807, 2.05) is 5.32 Å². The molecule has 0 saturated carbocycles. The van der Waals surface area contributed by atoms with Crippen LogP contribution in [0.15, 0.2) is 0 Å². The zero-order valence-electron chi connectivity index (χ0n) is 9.31. The van der Waals surface area contributed by atoms with E-state index >= 15 is 0 Å². The van der Waals surface area contributed by atoms with Crippen molar-refractivity contribution in [2.45, 2.75) is 6.92 Å². The molecule has 0 fully saturated rings. The molecule has 0 radical (unpaired) electrons. The molecule has 0 aliphatic carbocycles. The number of aromatic nitrogens is 1. The van der Waals surface area contributed by atoms with Crippen molar-refractivity contribution in [3.05, 3.63) is 23.5 Å². The third-order valence-electron chi connectivity index (χ3n) is 2.15. The molecule has 1 aromatic heterocycles. The summed E-state index contributed by atoms with van der Waals surface area (Å²) in [6.45, 7) is 1.04. The molecule has 1 N–H and O–H groups in total. The fraction of sp³-hybridized carbons (Fsp3) is 0.444. The van der Waals surface area contributed by atoms with Gasteiger partial charge in [0.2, 0.25) is 11.6 Å². The number of sulfone groups is 1. The van der Waals surface area contributed by atoms with Gasteiger partial charge in [-0.2, -0.15) is 22.5 Å². The molecule has 0 saturated heterocycles. The van der Waals surface area contributed by atoms with Gasteiger partial charge in [0, 0.05) is 12.3 Å². The van der Waals surface area contributed by atoms with E-state index < -0.39 is 44.8 Å². The molecule has 0 bridgehead atoms. The van der Waals surface area contributed by atoms with Gasteiger partial charge in [-0.05, 0) is 0 Å². The zero-order valence-corrected chi connectivity index (χ0v) is 10.1. The Hall–Kier alpha value is -1.38. The lowest BCUT2D eigenvalue weighted by Gasteiger charge is -2.09. The molecule has 0 atom stereocenters. The predicted octanol–water partition coefficient (Wildman–Crippen LogP) is 1.48. The van der Waals surface area contributed by atoms with Crippen molar-refractivity contribution in [2.24, 2.45) is 0 Å². The molecule has 0 spiro atoms. The number of halogens is 4. The monoisotopic (exact) mass is 286 g/mol. The van der Waals surface area contributed by atoms with Crippen LogP contribution in [0.2, 0.25) is 0 Å². The summed E-state index contributed by atoms with van der Waals surface area (Å²) in [5, 5.41) is 2.00. The number of pyridine rings is 1.